The number of ether oxygens (including phenoxy) is 3. The topological polar surface area (TPSA) is 270 Å². The van der Waals surface area contributed by atoms with Gasteiger partial charge in [-0.2, -0.15) is 0 Å². The lowest BCUT2D eigenvalue weighted by Crippen LogP contribution is -2.16. The highest BCUT2D eigenvalue weighted by molar-refractivity contribution is 6.31. The third kappa shape index (κ3) is 26.8. The molecule has 0 aliphatic carbocycles. The van der Waals surface area contributed by atoms with Gasteiger partial charge >= 0.3 is 0 Å². The monoisotopic (exact) mass is 1690 g/mol. The molecule has 15 rings (SSSR count). The summed E-state index contributed by atoms with van der Waals surface area (Å²) in [7, 11) is 3.36. The number of aromatic nitrogens is 7. The molecule has 5 heterocycles. The average Bonchev–Trinajstić information content (AvgIpc) is 0.823. The molecular formula is C97H75Cl2F3N14O8. The van der Waals surface area contributed by atoms with Crippen LogP contribution in [0.5, 0.6) is 34.5 Å². The van der Waals surface area contributed by atoms with Crippen LogP contribution in [-0.2, 0) is 0 Å². The Kier molecular flexibility index (Phi) is 31.3. The lowest BCUT2D eigenvalue weighted by atomic mass is 10.1. The van der Waals surface area contributed by atoms with E-state index >= 15 is 0 Å². The number of amides is 5. The van der Waals surface area contributed by atoms with E-state index in [1.807, 2.05) is 119 Å². The minimum absolute atomic E-state index is 0.0718. The van der Waals surface area contributed by atoms with E-state index in [1.165, 1.54) is 48.1 Å². The fourth-order valence-corrected chi connectivity index (χ4v) is 11.9. The van der Waals surface area contributed by atoms with Crippen LogP contribution in [0.4, 0.5) is 64.4 Å². The molecule has 5 N–H and O–H groups in total. The summed E-state index contributed by atoms with van der Waals surface area (Å²) < 4.78 is 58.8. The first-order chi connectivity index (χ1) is 60.0. The van der Waals surface area contributed by atoms with Crippen molar-refractivity contribution >= 4 is 104 Å². The van der Waals surface area contributed by atoms with Gasteiger partial charge in [0.2, 0.25) is 0 Å². The first-order valence-electron chi connectivity index (χ1n) is 37.6. The third-order valence-electron chi connectivity index (χ3n) is 17.4. The molecule has 0 fully saturated rings. The van der Waals surface area contributed by atoms with Gasteiger partial charge in [-0.25, -0.2) is 33.1 Å². The molecule has 0 radical (unpaired) electrons. The molecule has 15 aromatic rings. The molecule has 0 unspecified atom stereocenters. The van der Waals surface area contributed by atoms with Crippen molar-refractivity contribution in [2.45, 2.75) is 20.8 Å². The highest BCUT2D eigenvalue weighted by Crippen LogP contribution is 2.34. The molecule has 5 amide bonds. The Morgan fingerprint density at radius 1 is 0.339 bits per heavy atom. The minimum atomic E-state index is -1.09. The Hall–Kier alpha value is -16.4. The van der Waals surface area contributed by atoms with Crippen molar-refractivity contribution in [3.63, 3.8) is 0 Å². The molecular weight excluding hydrogens is 1620 g/mol. The summed E-state index contributed by atoms with van der Waals surface area (Å²) in [5, 5.41) is 14.8. The number of rotatable bonds is 20. The summed E-state index contributed by atoms with van der Waals surface area (Å²) in [5.74, 6) is 4.42. The second kappa shape index (κ2) is 43.9. The second-order valence-corrected chi connectivity index (χ2v) is 27.8. The summed E-state index contributed by atoms with van der Waals surface area (Å²) in [5.41, 5.74) is 11.2. The molecule has 0 bridgehead atoms. The standard InChI is InChI=1S/C20H13ClN2O2.C20H14F2N4O.C20H18FN3O.C19H15ClN2O2.C18H15N3O2/c1-2-14-5-3-6-15(9-14)20(24)23-17-10-16(21)11-19(12-17)25-18-7-4-8-22-13-18;1-3-13-5-4-6-14(7-13)20(27)25-15-8-17(21)19(22)18(9-15)26(2)16-10-23-12-24-11-16;1-14-5-3-6-15(9-14)20(25)23-17-7-4-8-18(11-17)24(2)19-10-16(21)12-22-13-19;1-13-4-2-5-14(8-13)19(23)22-16-9-15(20)10-18(11-16)24-17-6-3-7-21-12-17;1-13-4-2-5-14(8-13)18(22)21-15-6-3-7-16(9-15)23-17-10-19-12-20-11-17/h1,3-13H,(H,23,24);1,4-12H,2H3,(H,25,27);3-13H,1-2H3,(H,23,25);2-12H,1H3,(H,22,23);2-12H,1H3,(H,21,22). The molecule has 27 heteroatoms. The van der Waals surface area contributed by atoms with Gasteiger partial charge in [-0.15, -0.1) is 12.8 Å². The van der Waals surface area contributed by atoms with E-state index in [0.29, 0.717) is 118 Å². The van der Waals surface area contributed by atoms with E-state index in [-0.39, 0.29) is 35.0 Å². The van der Waals surface area contributed by atoms with E-state index < -0.39 is 23.4 Å². The normalized spacial score (nSPS) is 10.2. The number of hydrogen-bond donors (Lipinski definition) is 5. The molecule has 124 heavy (non-hydrogen) atoms. The zero-order chi connectivity index (χ0) is 87.9. The average molecular weight is 1690 g/mol. The van der Waals surface area contributed by atoms with Crippen LogP contribution in [0.3, 0.4) is 0 Å². The fraction of sp³-hybridized carbons (Fsp3) is 0.0515. The number of anilines is 9. The van der Waals surface area contributed by atoms with E-state index in [4.69, 9.17) is 50.3 Å². The number of nitrogens with zero attached hydrogens (tertiary/aromatic N) is 9. The molecule has 0 atom stereocenters. The quantitative estimate of drug-likeness (QED) is 0.0444. The number of aryl methyl sites for hydroxylation is 3. The number of nitrogens with one attached hydrogen (secondary N) is 5. The molecule has 0 aliphatic heterocycles. The molecule has 22 nitrogen and oxygen atoms in total. The van der Waals surface area contributed by atoms with Crippen LogP contribution < -0.4 is 50.6 Å². The van der Waals surface area contributed by atoms with Crippen LogP contribution in [0.2, 0.25) is 10.0 Å². The fourth-order valence-electron chi connectivity index (χ4n) is 11.5. The van der Waals surface area contributed by atoms with Crippen molar-refractivity contribution in [2.24, 2.45) is 0 Å². The summed E-state index contributed by atoms with van der Waals surface area (Å²) in [4.78, 5) is 92.3. The second-order valence-electron chi connectivity index (χ2n) is 26.9. The number of halogens is 5. The highest BCUT2D eigenvalue weighted by atomic mass is 35.5. The first kappa shape index (κ1) is 88.5. The molecule has 0 aliphatic rings. The molecule has 0 saturated carbocycles. The van der Waals surface area contributed by atoms with Crippen molar-refractivity contribution < 1.29 is 51.4 Å². The van der Waals surface area contributed by atoms with Gasteiger partial charge in [-0.3, -0.25) is 38.9 Å². The van der Waals surface area contributed by atoms with E-state index in [1.54, 1.807) is 189 Å². The summed E-state index contributed by atoms with van der Waals surface area (Å²) in [6.07, 6.45) is 28.8. The van der Waals surface area contributed by atoms with Gasteiger partial charge in [0.1, 0.15) is 47.2 Å². The van der Waals surface area contributed by atoms with Crippen LogP contribution in [-0.4, -0.2) is 78.5 Å². The Bertz CT molecular complexity index is 6360. The van der Waals surface area contributed by atoms with Crippen LogP contribution >= 0.6 is 23.2 Å². The molecule has 10 aromatic carbocycles. The van der Waals surface area contributed by atoms with Gasteiger partial charge in [-0.05, 0) is 178 Å². The summed E-state index contributed by atoms with van der Waals surface area (Å²) >= 11 is 12.2. The van der Waals surface area contributed by atoms with Crippen LogP contribution in [0.25, 0.3) is 0 Å². The summed E-state index contributed by atoms with van der Waals surface area (Å²) in [6, 6.07) is 70.8. The van der Waals surface area contributed by atoms with Gasteiger partial charge < -0.3 is 50.6 Å². The van der Waals surface area contributed by atoms with Gasteiger partial charge in [0.15, 0.2) is 17.4 Å². The maximum atomic E-state index is 14.3. The minimum Gasteiger partial charge on any atom is -0.456 e. The number of terminal acetylenes is 2. The van der Waals surface area contributed by atoms with Crippen LogP contribution in [0, 0.1) is 62.9 Å². The Morgan fingerprint density at radius 2 is 0.726 bits per heavy atom. The predicted molar refractivity (Wildman–Crippen MR) is 477 cm³/mol. The molecule has 616 valence electrons. The van der Waals surface area contributed by atoms with Crippen molar-refractivity contribution in [1.29, 1.82) is 0 Å². The highest BCUT2D eigenvalue weighted by Gasteiger charge is 2.20. The van der Waals surface area contributed by atoms with Gasteiger partial charge in [0.25, 0.3) is 29.5 Å². The smallest absolute Gasteiger partial charge is 0.255 e. The number of carbonyl (C=O) groups is 5. The first-order valence-corrected chi connectivity index (χ1v) is 38.3. The lowest BCUT2D eigenvalue weighted by Gasteiger charge is -2.20. The zero-order valence-corrected chi connectivity index (χ0v) is 68.4. The molecule has 0 saturated heterocycles. The number of pyridine rings is 3. The molecule has 5 aromatic heterocycles. The van der Waals surface area contributed by atoms with Crippen LogP contribution in [0.15, 0.2) is 323 Å². The maximum absolute atomic E-state index is 14.3. The van der Waals surface area contributed by atoms with E-state index in [0.717, 1.165) is 34.6 Å². The lowest BCUT2D eigenvalue weighted by molar-refractivity contribution is 0.101. The zero-order valence-electron chi connectivity index (χ0n) is 66.9. The third-order valence-corrected chi connectivity index (χ3v) is 17.9. The van der Waals surface area contributed by atoms with Crippen molar-refractivity contribution in [1.82, 2.24) is 34.9 Å². The van der Waals surface area contributed by atoms with E-state index in [2.05, 4.69) is 73.3 Å². The largest absolute Gasteiger partial charge is 0.456 e. The number of carbonyl (C=O) groups excluding carboxylic acids is 5. The van der Waals surface area contributed by atoms with Crippen LogP contribution in [0.1, 0.15) is 79.6 Å². The van der Waals surface area contributed by atoms with Crippen molar-refractivity contribution in [2.75, 3.05) is 50.5 Å². The van der Waals surface area contributed by atoms with Gasteiger partial charge in [0, 0.05) is 140 Å². The van der Waals surface area contributed by atoms with Crippen molar-refractivity contribution in [3.8, 4) is 59.2 Å². The predicted octanol–water partition coefficient (Wildman–Crippen LogP) is 22.0. The number of hydrogen-bond acceptors (Lipinski definition) is 17. The Labute approximate surface area is 722 Å². The van der Waals surface area contributed by atoms with Gasteiger partial charge in [-0.1, -0.05) is 112 Å². The number of benzene rings is 10. The Balaban J connectivity index is 0.000000151. The van der Waals surface area contributed by atoms with E-state index in [9.17, 15) is 37.1 Å². The molecule has 0 spiro atoms. The maximum Gasteiger partial charge on any atom is 0.255 e. The SMILES string of the molecule is C#Cc1cccc(C(=O)Nc2cc(Cl)cc(Oc3cccnc3)c2)c1.C#Cc1cccc(C(=O)Nc2cc(F)c(F)c(N(C)c3cncnc3)c2)c1.Cc1cccc(C(=O)Nc2cc(Cl)cc(Oc3cccnc3)c2)c1.Cc1cccc(C(=O)Nc2cccc(N(C)c3cncc(F)c3)c2)c1.Cc1cccc(C(=O)Nc2cccc(Oc3cncnc3)c2)c1. The van der Waals surface area contributed by atoms with Gasteiger partial charge in [0.05, 0.1) is 66.6 Å². The summed E-state index contributed by atoms with van der Waals surface area (Å²) in [6.45, 7) is 5.84. The Morgan fingerprint density at radius 3 is 1.18 bits per heavy atom. The van der Waals surface area contributed by atoms with Crippen molar-refractivity contribution in [3.05, 3.63) is 406 Å².